The molecule has 0 radical (unpaired) electrons. The molecule has 0 unspecified atom stereocenters. The highest BCUT2D eigenvalue weighted by Crippen LogP contribution is 2.27. The van der Waals surface area contributed by atoms with Crippen molar-refractivity contribution in [2.75, 3.05) is 0 Å². The van der Waals surface area contributed by atoms with Crippen molar-refractivity contribution >= 4 is 56.2 Å². The van der Waals surface area contributed by atoms with Gasteiger partial charge in [0.2, 0.25) is 0 Å². The molecule has 0 spiro atoms. The van der Waals surface area contributed by atoms with Gasteiger partial charge < -0.3 is 5.32 Å². The minimum absolute atomic E-state index is 0.213. The zero-order valence-electron chi connectivity index (χ0n) is 7.79. The maximum absolute atomic E-state index is 13.0. The third kappa shape index (κ3) is 2.50. The Bertz CT molecular complexity index is 516. The van der Waals surface area contributed by atoms with Crippen LogP contribution in [0.3, 0.4) is 0 Å². The maximum Gasteiger partial charge on any atom is 0.263 e. The van der Waals surface area contributed by atoms with E-state index < -0.39 is 0 Å². The lowest BCUT2D eigenvalue weighted by Gasteiger charge is -1.97. The van der Waals surface area contributed by atoms with Crippen LogP contribution in [0.2, 0.25) is 0 Å². The third-order valence-electron chi connectivity index (χ3n) is 1.88. The minimum atomic E-state index is -0.332. The molecule has 1 saturated heterocycles. The Hall–Kier alpha value is -0.720. The van der Waals surface area contributed by atoms with E-state index >= 15 is 0 Å². The Kier molecular flexibility index (Phi) is 3.41. The van der Waals surface area contributed by atoms with E-state index in [0.717, 1.165) is 5.56 Å². The predicted molar refractivity (Wildman–Crippen MR) is 70.4 cm³/mol. The first-order valence-electron chi connectivity index (χ1n) is 4.26. The first-order chi connectivity index (χ1) is 7.56. The number of hydrogen-bond donors (Lipinski definition) is 1. The summed E-state index contributed by atoms with van der Waals surface area (Å²) >= 11 is 9.14. The molecular formula is C10H5BrFNOS2. The van der Waals surface area contributed by atoms with E-state index in [2.05, 4.69) is 21.2 Å². The van der Waals surface area contributed by atoms with E-state index in [0.29, 0.717) is 13.7 Å². The first-order valence-corrected chi connectivity index (χ1v) is 6.28. The molecule has 2 rings (SSSR count). The lowest BCUT2D eigenvalue weighted by atomic mass is 10.2. The molecule has 82 valence electrons. The number of thiocarbonyl (C=S) groups is 1. The summed E-state index contributed by atoms with van der Waals surface area (Å²) in [5.41, 5.74) is 0.746. The van der Waals surface area contributed by atoms with Crippen molar-refractivity contribution in [2.45, 2.75) is 0 Å². The molecule has 0 aliphatic carbocycles. The van der Waals surface area contributed by atoms with Crippen LogP contribution >= 0.6 is 39.9 Å². The molecule has 1 N–H and O–H groups in total. The van der Waals surface area contributed by atoms with Crippen molar-refractivity contribution in [3.8, 4) is 0 Å². The molecule has 1 aromatic carbocycles. The lowest BCUT2D eigenvalue weighted by molar-refractivity contribution is -0.115. The van der Waals surface area contributed by atoms with Crippen molar-refractivity contribution < 1.29 is 9.18 Å². The Morgan fingerprint density at radius 2 is 2.25 bits per heavy atom. The number of benzene rings is 1. The molecule has 6 heteroatoms. The van der Waals surface area contributed by atoms with Crippen molar-refractivity contribution in [3.05, 3.63) is 39.0 Å². The van der Waals surface area contributed by atoms with Gasteiger partial charge in [0.15, 0.2) is 0 Å². The monoisotopic (exact) mass is 317 g/mol. The molecule has 1 aliphatic rings. The molecule has 1 aliphatic heterocycles. The van der Waals surface area contributed by atoms with Crippen LogP contribution in [-0.4, -0.2) is 10.2 Å². The van der Waals surface area contributed by atoms with Crippen LogP contribution in [0.4, 0.5) is 4.39 Å². The second kappa shape index (κ2) is 4.65. The topological polar surface area (TPSA) is 29.1 Å². The number of rotatable bonds is 1. The zero-order chi connectivity index (χ0) is 11.7. The number of carbonyl (C=O) groups excluding carboxylic acids is 1. The van der Waals surface area contributed by atoms with Crippen molar-refractivity contribution in [3.63, 3.8) is 0 Å². The van der Waals surface area contributed by atoms with E-state index in [9.17, 15) is 9.18 Å². The number of thioether (sulfide) groups is 1. The van der Waals surface area contributed by atoms with Crippen LogP contribution in [0.1, 0.15) is 5.56 Å². The second-order valence-electron chi connectivity index (χ2n) is 3.03. The number of carbonyl (C=O) groups is 1. The summed E-state index contributed by atoms with van der Waals surface area (Å²) in [5.74, 6) is -0.545. The average Bonchev–Trinajstić information content (AvgIpc) is 2.51. The van der Waals surface area contributed by atoms with Gasteiger partial charge in [-0.15, -0.1) is 0 Å². The van der Waals surface area contributed by atoms with Crippen LogP contribution in [0.25, 0.3) is 6.08 Å². The predicted octanol–water partition coefficient (Wildman–Crippen LogP) is 3.08. The van der Waals surface area contributed by atoms with E-state index in [1.54, 1.807) is 18.2 Å². The summed E-state index contributed by atoms with van der Waals surface area (Å²) in [4.78, 5) is 11.9. The van der Waals surface area contributed by atoms with Gasteiger partial charge >= 0.3 is 0 Å². The molecule has 2 nitrogen and oxygen atoms in total. The largest absolute Gasteiger partial charge is 0.307 e. The number of amides is 1. The Balaban J connectivity index is 2.32. The Morgan fingerprint density at radius 1 is 1.50 bits per heavy atom. The smallest absolute Gasteiger partial charge is 0.263 e. The van der Waals surface area contributed by atoms with Crippen LogP contribution in [0, 0.1) is 5.82 Å². The van der Waals surface area contributed by atoms with Crippen molar-refractivity contribution in [1.82, 2.24) is 5.32 Å². The molecule has 1 heterocycles. The van der Waals surface area contributed by atoms with Gasteiger partial charge in [0.25, 0.3) is 5.91 Å². The minimum Gasteiger partial charge on any atom is -0.307 e. The second-order valence-corrected chi connectivity index (χ2v) is 5.60. The van der Waals surface area contributed by atoms with Gasteiger partial charge in [-0.25, -0.2) is 4.39 Å². The van der Waals surface area contributed by atoms with Crippen LogP contribution in [0.15, 0.2) is 27.6 Å². The highest BCUT2D eigenvalue weighted by atomic mass is 79.9. The molecule has 16 heavy (non-hydrogen) atoms. The fourth-order valence-corrected chi connectivity index (χ4v) is 2.62. The van der Waals surface area contributed by atoms with Crippen LogP contribution < -0.4 is 5.32 Å². The molecule has 0 aromatic heterocycles. The zero-order valence-corrected chi connectivity index (χ0v) is 11.0. The summed E-state index contributed by atoms with van der Waals surface area (Å²) in [7, 11) is 0. The first kappa shape index (κ1) is 11.8. The van der Waals surface area contributed by atoms with Gasteiger partial charge in [0, 0.05) is 0 Å². The molecule has 0 saturated carbocycles. The van der Waals surface area contributed by atoms with Crippen molar-refractivity contribution in [1.29, 1.82) is 0 Å². The summed E-state index contributed by atoms with van der Waals surface area (Å²) in [5, 5.41) is 2.51. The number of nitrogens with one attached hydrogen (secondary N) is 1. The highest BCUT2D eigenvalue weighted by Gasteiger charge is 2.21. The van der Waals surface area contributed by atoms with Crippen LogP contribution in [0.5, 0.6) is 0 Å². The Morgan fingerprint density at radius 3 is 2.81 bits per heavy atom. The number of halogens is 2. The van der Waals surface area contributed by atoms with Gasteiger partial charge in [0.1, 0.15) is 10.1 Å². The SMILES string of the molecule is O=C1NC(=S)S/C1=C\c1ccc(F)c(Br)c1. The molecule has 1 aromatic rings. The summed E-state index contributed by atoms with van der Waals surface area (Å²) in [6, 6.07) is 4.55. The van der Waals surface area contributed by atoms with Gasteiger partial charge in [-0.1, -0.05) is 30.0 Å². The fraction of sp³-hybridized carbons (Fsp3) is 0. The van der Waals surface area contributed by atoms with E-state index in [1.807, 2.05) is 0 Å². The molecule has 0 bridgehead atoms. The molecule has 0 atom stereocenters. The fourth-order valence-electron chi connectivity index (χ4n) is 1.17. The normalized spacial score (nSPS) is 18.0. The standard InChI is InChI=1S/C10H5BrFNOS2/c11-6-3-5(1-2-7(6)12)4-8-9(14)13-10(15)16-8/h1-4H,(H,13,14,15)/b8-4-. The van der Waals surface area contributed by atoms with Gasteiger partial charge in [-0.2, -0.15) is 0 Å². The average molecular weight is 318 g/mol. The maximum atomic E-state index is 13.0. The van der Waals surface area contributed by atoms with E-state index in [4.69, 9.17) is 12.2 Å². The quantitative estimate of drug-likeness (QED) is 0.637. The van der Waals surface area contributed by atoms with Crippen molar-refractivity contribution in [2.24, 2.45) is 0 Å². The van der Waals surface area contributed by atoms with E-state index in [-0.39, 0.29) is 11.7 Å². The van der Waals surface area contributed by atoms with Crippen LogP contribution in [-0.2, 0) is 4.79 Å². The lowest BCUT2D eigenvalue weighted by Crippen LogP contribution is -2.17. The summed E-state index contributed by atoms with van der Waals surface area (Å²) in [6.45, 7) is 0. The van der Waals surface area contributed by atoms with Gasteiger partial charge in [-0.05, 0) is 39.7 Å². The van der Waals surface area contributed by atoms with E-state index in [1.165, 1.54) is 17.8 Å². The third-order valence-corrected chi connectivity index (χ3v) is 3.65. The summed E-state index contributed by atoms with van der Waals surface area (Å²) in [6.07, 6.45) is 1.67. The Labute approximate surface area is 109 Å². The van der Waals surface area contributed by atoms with Gasteiger partial charge in [0.05, 0.1) is 9.38 Å². The highest BCUT2D eigenvalue weighted by molar-refractivity contribution is 9.10. The summed E-state index contributed by atoms with van der Waals surface area (Å²) < 4.78 is 13.8. The number of hydrogen-bond acceptors (Lipinski definition) is 3. The molecular weight excluding hydrogens is 313 g/mol. The molecule has 1 amide bonds. The van der Waals surface area contributed by atoms with Gasteiger partial charge in [-0.3, -0.25) is 4.79 Å². The molecule has 1 fully saturated rings.